The fourth-order valence-electron chi connectivity index (χ4n) is 4.18. The second-order valence-electron chi connectivity index (χ2n) is 7.56. The number of aromatic nitrogens is 2. The highest BCUT2D eigenvalue weighted by Gasteiger charge is 2.36. The molecule has 1 N–H and O–H groups in total. The van der Waals surface area contributed by atoms with Crippen molar-refractivity contribution in [1.29, 1.82) is 0 Å². The summed E-state index contributed by atoms with van der Waals surface area (Å²) in [6.07, 6.45) is 4.83. The van der Waals surface area contributed by atoms with E-state index in [9.17, 15) is 4.79 Å². The smallest absolute Gasteiger partial charge is 0.234 e. The van der Waals surface area contributed by atoms with E-state index in [1.165, 1.54) is 0 Å². The van der Waals surface area contributed by atoms with Crippen LogP contribution in [-0.4, -0.2) is 96.3 Å². The molecule has 0 saturated carbocycles. The molecule has 3 saturated heterocycles. The van der Waals surface area contributed by atoms with Crippen LogP contribution in [0.2, 0.25) is 0 Å². The molecule has 8 heteroatoms. The van der Waals surface area contributed by atoms with Crippen LogP contribution in [0, 0.1) is 0 Å². The molecule has 1 aromatic rings. The minimum atomic E-state index is 0.133. The molecular weight excluding hydrogens is 332 g/mol. The molecule has 3 fully saturated rings. The van der Waals surface area contributed by atoms with E-state index in [1.807, 2.05) is 6.07 Å². The average Bonchev–Trinajstić information content (AvgIpc) is 3.04. The van der Waals surface area contributed by atoms with Gasteiger partial charge in [0.15, 0.2) is 0 Å². The number of morpholine rings is 1. The number of amides is 1. The molecule has 0 unspecified atom stereocenters. The summed E-state index contributed by atoms with van der Waals surface area (Å²) >= 11 is 0. The number of piperazine rings is 1. The standard InChI is InChI=1S/C18H28N6O2/c1-14-10-24-11-15(9-16(24)13-26-14)21-17(25)12-22-5-7-23(8-6-22)18-19-3-2-4-20-18/h2-4,14-16H,5-13H2,1H3,(H,21,25)/t14-,15+,16-/m0/s1. The summed E-state index contributed by atoms with van der Waals surface area (Å²) in [5, 5.41) is 3.22. The fourth-order valence-corrected chi connectivity index (χ4v) is 4.18. The summed E-state index contributed by atoms with van der Waals surface area (Å²) in [4.78, 5) is 27.9. The molecule has 4 rings (SSSR count). The number of fused-ring (bicyclic) bond motifs is 1. The molecule has 0 spiro atoms. The Hall–Kier alpha value is -1.77. The van der Waals surface area contributed by atoms with Crippen molar-refractivity contribution in [2.75, 3.05) is 57.3 Å². The molecule has 1 amide bonds. The van der Waals surface area contributed by atoms with Gasteiger partial charge in [-0.15, -0.1) is 0 Å². The zero-order valence-electron chi connectivity index (χ0n) is 15.4. The van der Waals surface area contributed by atoms with Crippen LogP contribution in [0.3, 0.4) is 0 Å². The second kappa shape index (κ2) is 7.85. The van der Waals surface area contributed by atoms with Gasteiger partial charge in [-0.2, -0.15) is 0 Å². The van der Waals surface area contributed by atoms with Crippen molar-refractivity contribution in [3.63, 3.8) is 0 Å². The summed E-state index contributed by atoms with van der Waals surface area (Å²) in [6.45, 7) is 8.71. The molecule has 1 aromatic heterocycles. The van der Waals surface area contributed by atoms with Gasteiger partial charge in [0, 0.05) is 63.7 Å². The Balaban J connectivity index is 1.20. The van der Waals surface area contributed by atoms with Crippen molar-refractivity contribution in [3.05, 3.63) is 18.5 Å². The molecule has 4 heterocycles. The number of hydrogen-bond donors (Lipinski definition) is 1. The zero-order valence-corrected chi connectivity index (χ0v) is 15.4. The predicted octanol–water partition coefficient (Wildman–Crippen LogP) is -0.424. The van der Waals surface area contributed by atoms with Crippen LogP contribution in [-0.2, 0) is 9.53 Å². The molecule has 0 bridgehead atoms. The largest absolute Gasteiger partial charge is 0.376 e. The van der Waals surface area contributed by atoms with Gasteiger partial charge in [-0.1, -0.05) is 0 Å². The van der Waals surface area contributed by atoms with Crippen molar-refractivity contribution < 1.29 is 9.53 Å². The Morgan fingerprint density at radius 2 is 2.00 bits per heavy atom. The Morgan fingerprint density at radius 1 is 1.23 bits per heavy atom. The van der Waals surface area contributed by atoms with E-state index in [1.54, 1.807) is 12.4 Å². The van der Waals surface area contributed by atoms with E-state index >= 15 is 0 Å². The van der Waals surface area contributed by atoms with Crippen molar-refractivity contribution in [2.45, 2.75) is 31.5 Å². The topological polar surface area (TPSA) is 73.8 Å². The summed E-state index contributed by atoms with van der Waals surface area (Å²) in [5.74, 6) is 0.906. The number of nitrogens with zero attached hydrogens (tertiary/aromatic N) is 5. The van der Waals surface area contributed by atoms with Crippen molar-refractivity contribution >= 4 is 11.9 Å². The van der Waals surface area contributed by atoms with E-state index in [0.29, 0.717) is 18.7 Å². The molecular formula is C18H28N6O2. The number of ether oxygens (including phenoxy) is 1. The molecule has 0 radical (unpaired) electrons. The number of carbonyl (C=O) groups is 1. The molecule has 26 heavy (non-hydrogen) atoms. The first-order chi connectivity index (χ1) is 12.7. The third-order valence-corrected chi connectivity index (χ3v) is 5.53. The van der Waals surface area contributed by atoms with E-state index in [0.717, 1.165) is 58.2 Å². The summed E-state index contributed by atoms with van der Waals surface area (Å²) in [7, 11) is 0. The summed E-state index contributed by atoms with van der Waals surface area (Å²) in [6, 6.07) is 2.54. The maximum Gasteiger partial charge on any atom is 0.234 e. The normalized spacial score (nSPS) is 30.2. The maximum absolute atomic E-state index is 12.4. The molecule has 3 aliphatic rings. The molecule has 0 aliphatic carbocycles. The van der Waals surface area contributed by atoms with Crippen molar-refractivity contribution in [1.82, 2.24) is 25.1 Å². The third-order valence-electron chi connectivity index (χ3n) is 5.53. The molecule has 3 aliphatic heterocycles. The maximum atomic E-state index is 12.4. The number of carbonyl (C=O) groups excluding carboxylic acids is 1. The first-order valence-corrected chi connectivity index (χ1v) is 9.56. The Labute approximate surface area is 154 Å². The quantitative estimate of drug-likeness (QED) is 0.781. The fraction of sp³-hybridized carbons (Fsp3) is 0.722. The van der Waals surface area contributed by atoms with E-state index in [4.69, 9.17) is 4.74 Å². The predicted molar refractivity (Wildman–Crippen MR) is 98.0 cm³/mol. The first-order valence-electron chi connectivity index (χ1n) is 9.56. The van der Waals surface area contributed by atoms with Gasteiger partial charge in [0.25, 0.3) is 0 Å². The van der Waals surface area contributed by atoms with Crippen LogP contribution >= 0.6 is 0 Å². The van der Waals surface area contributed by atoms with Crippen LogP contribution < -0.4 is 10.2 Å². The van der Waals surface area contributed by atoms with Crippen LogP contribution in [0.25, 0.3) is 0 Å². The lowest BCUT2D eigenvalue weighted by Crippen LogP contribution is -2.51. The van der Waals surface area contributed by atoms with Gasteiger partial charge in [0.2, 0.25) is 11.9 Å². The lowest BCUT2D eigenvalue weighted by Gasteiger charge is -2.34. The Kier molecular flexibility index (Phi) is 5.33. The van der Waals surface area contributed by atoms with Crippen LogP contribution in [0.4, 0.5) is 5.95 Å². The first kappa shape index (κ1) is 17.6. The number of anilines is 1. The minimum absolute atomic E-state index is 0.133. The number of nitrogens with one attached hydrogen (secondary N) is 1. The van der Waals surface area contributed by atoms with Gasteiger partial charge in [0.1, 0.15) is 0 Å². The van der Waals surface area contributed by atoms with Crippen molar-refractivity contribution in [2.24, 2.45) is 0 Å². The molecule has 3 atom stereocenters. The Morgan fingerprint density at radius 3 is 2.77 bits per heavy atom. The zero-order chi connectivity index (χ0) is 17.9. The third kappa shape index (κ3) is 4.13. The average molecular weight is 360 g/mol. The SMILES string of the molecule is C[C@H]1CN2C[C@H](NC(=O)CN3CCN(c4ncccn4)CC3)C[C@H]2CO1. The second-order valence-corrected chi connectivity index (χ2v) is 7.56. The van der Waals surface area contributed by atoms with Gasteiger partial charge in [-0.25, -0.2) is 9.97 Å². The van der Waals surface area contributed by atoms with E-state index < -0.39 is 0 Å². The molecule has 8 nitrogen and oxygen atoms in total. The highest BCUT2D eigenvalue weighted by Crippen LogP contribution is 2.23. The molecule has 142 valence electrons. The lowest BCUT2D eigenvalue weighted by molar-refractivity contribution is -0.122. The van der Waals surface area contributed by atoms with Crippen molar-refractivity contribution in [3.8, 4) is 0 Å². The molecule has 0 aromatic carbocycles. The van der Waals surface area contributed by atoms with Gasteiger partial charge in [0.05, 0.1) is 19.3 Å². The minimum Gasteiger partial charge on any atom is -0.376 e. The summed E-state index contributed by atoms with van der Waals surface area (Å²) in [5.41, 5.74) is 0. The van der Waals surface area contributed by atoms with E-state index in [-0.39, 0.29) is 11.9 Å². The van der Waals surface area contributed by atoms with Crippen LogP contribution in [0.5, 0.6) is 0 Å². The van der Waals surface area contributed by atoms with Gasteiger partial charge >= 0.3 is 0 Å². The van der Waals surface area contributed by atoms with Gasteiger partial charge in [-0.3, -0.25) is 14.6 Å². The van der Waals surface area contributed by atoms with Gasteiger partial charge < -0.3 is 15.0 Å². The van der Waals surface area contributed by atoms with Gasteiger partial charge in [-0.05, 0) is 19.4 Å². The highest BCUT2D eigenvalue weighted by atomic mass is 16.5. The number of hydrogen-bond acceptors (Lipinski definition) is 7. The number of rotatable bonds is 4. The monoisotopic (exact) mass is 360 g/mol. The lowest BCUT2D eigenvalue weighted by atomic mass is 10.1. The van der Waals surface area contributed by atoms with Crippen LogP contribution in [0.1, 0.15) is 13.3 Å². The van der Waals surface area contributed by atoms with Crippen LogP contribution in [0.15, 0.2) is 18.5 Å². The summed E-state index contributed by atoms with van der Waals surface area (Å²) < 4.78 is 5.74. The Bertz CT molecular complexity index is 607. The van der Waals surface area contributed by atoms with E-state index in [2.05, 4.69) is 36.9 Å². The highest BCUT2D eigenvalue weighted by molar-refractivity contribution is 5.78.